The van der Waals surface area contributed by atoms with Gasteiger partial charge in [-0.3, -0.25) is 0 Å². The summed E-state index contributed by atoms with van der Waals surface area (Å²) in [4.78, 5) is 1.24. The second-order valence-corrected chi connectivity index (χ2v) is 4.85. The van der Waals surface area contributed by atoms with E-state index in [0.29, 0.717) is 6.54 Å². The van der Waals surface area contributed by atoms with Crippen LogP contribution in [-0.2, 0) is 6.54 Å². The third kappa shape index (κ3) is 2.23. The molecule has 0 saturated heterocycles. The van der Waals surface area contributed by atoms with Crippen molar-refractivity contribution in [3.63, 3.8) is 0 Å². The van der Waals surface area contributed by atoms with Crippen LogP contribution in [0.3, 0.4) is 0 Å². The fraction of sp³-hybridized carbons (Fsp3) is 0.308. The number of aromatic nitrogens is 2. The Morgan fingerprint density at radius 1 is 1.35 bits per heavy atom. The minimum Gasteiger partial charge on any atom is -0.326 e. The smallest absolute Gasteiger partial charge is 0.0660 e. The summed E-state index contributed by atoms with van der Waals surface area (Å²) in [6.45, 7) is 4.61. The molecule has 0 atom stereocenters. The van der Waals surface area contributed by atoms with Crippen LogP contribution in [0.2, 0.25) is 0 Å². The molecule has 2 aromatic rings. The van der Waals surface area contributed by atoms with E-state index in [0.717, 1.165) is 22.6 Å². The van der Waals surface area contributed by atoms with Crippen molar-refractivity contribution in [3.05, 3.63) is 41.2 Å². The normalized spacial score (nSPS) is 10.8. The molecule has 4 heteroatoms. The van der Waals surface area contributed by atoms with Crippen LogP contribution in [0.15, 0.2) is 29.2 Å². The lowest BCUT2D eigenvalue weighted by atomic mass is 10.2. The molecule has 0 fully saturated rings. The van der Waals surface area contributed by atoms with Gasteiger partial charge < -0.3 is 5.73 Å². The van der Waals surface area contributed by atoms with Gasteiger partial charge in [0.15, 0.2) is 0 Å². The van der Waals surface area contributed by atoms with Crippen molar-refractivity contribution >= 4 is 11.8 Å². The molecular weight excluding hydrogens is 230 g/mol. The van der Waals surface area contributed by atoms with Crippen LogP contribution in [0.4, 0.5) is 0 Å². The van der Waals surface area contributed by atoms with E-state index in [4.69, 9.17) is 5.73 Å². The Kier molecular flexibility index (Phi) is 3.54. The van der Waals surface area contributed by atoms with E-state index in [1.54, 1.807) is 11.8 Å². The van der Waals surface area contributed by atoms with Crippen LogP contribution in [0, 0.1) is 13.8 Å². The molecule has 3 nitrogen and oxygen atoms in total. The van der Waals surface area contributed by atoms with Gasteiger partial charge in [-0.2, -0.15) is 5.10 Å². The summed E-state index contributed by atoms with van der Waals surface area (Å²) >= 11 is 1.73. The van der Waals surface area contributed by atoms with E-state index >= 15 is 0 Å². The number of thioether (sulfide) groups is 1. The zero-order valence-corrected chi connectivity index (χ0v) is 11.2. The molecule has 2 N–H and O–H groups in total. The van der Waals surface area contributed by atoms with Gasteiger partial charge in [0.05, 0.1) is 11.4 Å². The zero-order chi connectivity index (χ0) is 12.4. The Hall–Kier alpha value is -1.26. The fourth-order valence-corrected chi connectivity index (χ4v) is 2.42. The molecule has 17 heavy (non-hydrogen) atoms. The quantitative estimate of drug-likeness (QED) is 0.848. The molecule has 0 unspecified atom stereocenters. The van der Waals surface area contributed by atoms with E-state index in [9.17, 15) is 0 Å². The molecule has 0 aliphatic carbocycles. The Morgan fingerprint density at radius 3 is 2.71 bits per heavy atom. The summed E-state index contributed by atoms with van der Waals surface area (Å²) in [6.07, 6.45) is 2.08. The van der Waals surface area contributed by atoms with Crippen LogP contribution in [0.25, 0.3) is 5.69 Å². The number of nitrogens with zero attached hydrogens (tertiary/aromatic N) is 2. The van der Waals surface area contributed by atoms with Crippen molar-refractivity contribution in [3.8, 4) is 5.69 Å². The van der Waals surface area contributed by atoms with Crippen LogP contribution < -0.4 is 5.73 Å². The first-order valence-corrected chi connectivity index (χ1v) is 6.79. The van der Waals surface area contributed by atoms with Gasteiger partial charge in [0.25, 0.3) is 0 Å². The molecular formula is C13H17N3S. The van der Waals surface area contributed by atoms with E-state index < -0.39 is 0 Å². The molecule has 0 saturated carbocycles. The number of benzene rings is 1. The van der Waals surface area contributed by atoms with Gasteiger partial charge in [0.1, 0.15) is 0 Å². The van der Waals surface area contributed by atoms with Gasteiger partial charge >= 0.3 is 0 Å². The van der Waals surface area contributed by atoms with E-state index in [2.05, 4.69) is 42.5 Å². The number of hydrogen-bond acceptors (Lipinski definition) is 3. The molecule has 0 spiro atoms. The zero-order valence-electron chi connectivity index (χ0n) is 10.4. The lowest BCUT2D eigenvalue weighted by Crippen LogP contribution is -2.02. The van der Waals surface area contributed by atoms with Gasteiger partial charge in [-0.25, -0.2) is 4.68 Å². The largest absolute Gasteiger partial charge is 0.326 e. The minimum atomic E-state index is 0.542. The molecule has 1 aromatic carbocycles. The molecule has 90 valence electrons. The highest BCUT2D eigenvalue weighted by Gasteiger charge is 2.11. The van der Waals surface area contributed by atoms with Crippen LogP contribution in [0.1, 0.15) is 17.0 Å². The average molecular weight is 247 g/mol. The summed E-state index contributed by atoms with van der Waals surface area (Å²) in [6, 6.07) is 8.37. The first kappa shape index (κ1) is 12.2. The van der Waals surface area contributed by atoms with Crippen molar-refractivity contribution in [1.29, 1.82) is 0 Å². The van der Waals surface area contributed by atoms with E-state index in [-0.39, 0.29) is 0 Å². The number of aryl methyl sites for hydroxylation is 1. The standard InChI is InChI=1S/C13H17N3S/c1-9-13(8-14)10(2)16(15-9)11-5-4-6-12(7-11)17-3/h4-7H,8,14H2,1-3H3. The van der Waals surface area contributed by atoms with Gasteiger partial charge in [-0.05, 0) is 38.3 Å². The van der Waals surface area contributed by atoms with E-state index in [1.165, 1.54) is 4.90 Å². The van der Waals surface area contributed by atoms with Crippen LogP contribution in [0.5, 0.6) is 0 Å². The number of rotatable bonds is 3. The van der Waals surface area contributed by atoms with Crippen LogP contribution in [-0.4, -0.2) is 16.0 Å². The topological polar surface area (TPSA) is 43.8 Å². The Bertz CT molecular complexity index is 531. The molecule has 0 aliphatic rings. The second-order valence-electron chi connectivity index (χ2n) is 3.97. The van der Waals surface area contributed by atoms with Gasteiger partial charge in [-0.1, -0.05) is 6.07 Å². The summed E-state index contributed by atoms with van der Waals surface area (Å²) in [5.74, 6) is 0. The summed E-state index contributed by atoms with van der Waals surface area (Å²) in [5, 5.41) is 4.55. The Morgan fingerprint density at radius 2 is 2.12 bits per heavy atom. The molecule has 0 amide bonds. The average Bonchev–Trinajstić information content (AvgIpc) is 2.64. The third-order valence-corrected chi connectivity index (χ3v) is 3.67. The second kappa shape index (κ2) is 4.94. The maximum Gasteiger partial charge on any atom is 0.0660 e. The summed E-state index contributed by atoms with van der Waals surface area (Å²) in [7, 11) is 0. The van der Waals surface area contributed by atoms with Crippen LogP contribution >= 0.6 is 11.8 Å². The molecule has 0 bridgehead atoms. The van der Waals surface area contributed by atoms with Crippen molar-refractivity contribution < 1.29 is 0 Å². The number of hydrogen-bond donors (Lipinski definition) is 1. The maximum absolute atomic E-state index is 5.74. The molecule has 0 radical (unpaired) electrons. The van der Waals surface area contributed by atoms with Crippen molar-refractivity contribution in [2.75, 3.05) is 6.26 Å². The van der Waals surface area contributed by atoms with Gasteiger partial charge in [0, 0.05) is 22.7 Å². The fourth-order valence-electron chi connectivity index (χ4n) is 1.96. The highest BCUT2D eigenvalue weighted by molar-refractivity contribution is 7.98. The first-order valence-electron chi connectivity index (χ1n) is 5.57. The highest BCUT2D eigenvalue weighted by atomic mass is 32.2. The van der Waals surface area contributed by atoms with Crippen molar-refractivity contribution in [2.45, 2.75) is 25.3 Å². The molecule has 1 aromatic heterocycles. The monoisotopic (exact) mass is 247 g/mol. The lowest BCUT2D eigenvalue weighted by molar-refractivity contribution is 0.830. The highest BCUT2D eigenvalue weighted by Crippen LogP contribution is 2.21. The van der Waals surface area contributed by atoms with Crippen molar-refractivity contribution in [1.82, 2.24) is 9.78 Å². The predicted octanol–water partition coefficient (Wildman–Crippen LogP) is 2.67. The summed E-state index contributed by atoms with van der Waals surface area (Å²) in [5.41, 5.74) is 10.1. The van der Waals surface area contributed by atoms with E-state index in [1.807, 2.05) is 11.6 Å². The number of nitrogens with two attached hydrogens (primary N) is 1. The predicted molar refractivity (Wildman–Crippen MR) is 72.7 cm³/mol. The Balaban J connectivity index is 2.52. The lowest BCUT2D eigenvalue weighted by Gasteiger charge is -2.06. The van der Waals surface area contributed by atoms with Gasteiger partial charge in [-0.15, -0.1) is 11.8 Å². The maximum atomic E-state index is 5.74. The minimum absolute atomic E-state index is 0.542. The van der Waals surface area contributed by atoms with Crippen molar-refractivity contribution in [2.24, 2.45) is 5.73 Å². The third-order valence-electron chi connectivity index (χ3n) is 2.94. The molecule has 0 aliphatic heterocycles. The summed E-state index contributed by atoms with van der Waals surface area (Å²) < 4.78 is 1.97. The SMILES string of the molecule is CSc1cccc(-n2nc(C)c(CN)c2C)c1. The molecule has 1 heterocycles. The Labute approximate surface area is 106 Å². The van der Waals surface area contributed by atoms with Gasteiger partial charge in [0.2, 0.25) is 0 Å². The first-order chi connectivity index (χ1) is 8.17. The molecule has 2 rings (SSSR count).